The minimum Gasteiger partial charge on any atom is -0.372 e. The molecule has 3 aromatic heterocycles. The van der Waals surface area contributed by atoms with Gasteiger partial charge in [0.2, 0.25) is 5.91 Å². The molecule has 0 aliphatic carbocycles. The van der Waals surface area contributed by atoms with Crippen molar-refractivity contribution in [1.29, 1.82) is 0 Å². The van der Waals surface area contributed by atoms with Gasteiger partial charge in [-0.1, -0.05) is 50.2 Å². The van der Waals surface area contributed by atoms with Crippen molar-refractivity contribution in [3.05, 3.63) is 102 Å². The van der Waals surface area contributed by atoms with E-state index >= 15 is 0 Å². The van der Waals surface area contributed by atoms with Gasteiger partial charge in [0.15, 0.2) is 11.5 Å². The summed E-state index contributed by atoms with van der Waals surface area (Å²) in [6.45, 7) is 17.6. The number of benzene rings is 3. The Bertz CT molecular complexity index is 2620. The molecule has 1 atom stereocenters. The normalized spacial score (nSPS) is 17.3. The first kappa shape index (κ1) is 41.7. The lowest BCUT2D eigenvalue weighted by Crippen LogP contribution is -2.49. The summed E-state index contributed by atoms with van der Waals surface area (Å²) in [5.41, 5.74) is 9.54. The summed E-state index contributed by atoms with van der Waals surface area (Å²) < 4.78 is 5.25. The van der Waals surface area contributed by atoms with Gasteiger partial charge in [0.1, 0.15) is 5.69 Å². The SMILES string of the molecule is Cc1cc(-c2n[nH]c3ncc(-c4ccc(N5CCN(CC6CCN(c7ccc(N8CCC(=O)NC8=O)cc7)CC6)CC5)cc4)cc23)ccc1[C@@H](C)NC(=O)c1nc(C(C)(C)C)no1. The maximum absolute atomic E-state index is 12.9. The van der Waals surface area contributed by atoms with Gasteiger partial charge in [-0.15, -0.1) is 0 Å². The second-order valence-corrected chi connectivity index (χ2v) is 18.2. The zero-order valence-corrected chi connectivity index (χ0v) is 36.6. The molecular weight excluding hydrogens is 795 g/mol. The number of carbonyl (C=O) groups excluding carboxylic acids is 3. The van der Waals surface area contributed by atoms with Gasteiger partial charge < -0.3 is 19.6 Å². The molecule has 15 nitrogen and oxygen atoms in total. The highest BCUT2D eigenvalue weighted by molar-refractivity contribution is 6.05. The Morgan fingerprint density at radius 2 is 1.51 bits per heavy atom. The summed E-state index contributed by atoms with van der Waals surface area (Å²) in [6.07, 6.45) is 4.55. The van der Waals surface area contributed by atoms with Crippen LogP contribution in [0.3, 0.4) is 0 Å². The van der Waals surface area contributed by atoms with E-state index in [2.05, 4.69) is 94.2 Å². The number of carbonyl (C=O) groups is 3. The van der Waals surface area contributed by atoms with Crippen LogP contribution in [0.1, 0.15) is 80.6 Å². The summed E-state index contributed by atoms with van der Waals surface area (Å²) in [4.78, 5) is 54.9. The molecule has 6 heterocycles. The van der Waals surface area contributed by atoms with Crippen LogP contribution in [0.25, 0.3) is 33.4 Å². The van der Waals surface area contributed by atoms with Crippen LogP contribution in [-0.4, -0.2) is 100 Å². The number of piperazine rings is 1. The molecule has 3 aliphatic heterocycles. The third kappa shape index (κ3) is 9.01. The molecule has 9 rings (SSSR count). The molecule has 3 fully saturated rings. The van der Waals surface area contributed by atoms with E-state index in [0.29, 0.717) is 24.7 Å². The van der Waals surface area contributed by atoms with Crippen LogP contribution in [0.4, 0.5) is 21.9 Å². The van der Waals surface area contributed by atoms with Crippen molar-refractivity contribution in [3.63, 3.8) is 0 Å². The highest BCUT2D eigenvalue weighted by Crippen LogP contribution is 2.33. The monoisotopic (exact) mass is 849 g/mol. The summed E-state index contributed by atoms with van der Waals surface area (Å²) in [5.74, 6) is 0.500. The largest absolute Gasteiger partial charge is 0.372 e. The predicted octanol–water partition coefficient (Wildman–Crippen LogP) is 7.26. The average molecular weight is 850 g/mol. The fourth-order valence-corrected chi connectivity index (χ4v) is 8.99. The number of nitrogens with one attached hydrogen (secondary N) is 3. The maximum atomic E-state index is 12.9. The fraction of sp³-hybridized carbons (Fsp3) is 0.396. The topological polar surface area (TPSA) is 169 Å². The Hall–Kier alpha value is -6.61. The molecule has 4 amide bonds. The van der Waals surface area contributed by atoms with Gasteiger partial charge in [-0.2, -0.15) is 10.1 Å². The highest BCUT2D eigenvalue weighted by atomic mass is 16.5. The number of anilines is 3. The minimum absolute atomic E-state index is 0.0458. The second kappa shape index (κ2) is 17.3. The number of fused-ring (bicyclic) bond motifs is 1. The van der Waals surface area contributed by atoms with E-state index in [9.17, 15) is 14.4 Å². The summed E-state index contributed by atoms with van der Waals surface area (Å²) >= 11 is 0. The summed E-state index contributed by atoms with van der Waals surface area (Å²) in [7, 11) is 0. The van der Waals surface area contributed by atoms with E-state index in [1.807, 2.05) is 65.1 Å². The molecule has 0 unspecified atom stereocenters. The number of imide groups is 1. The van der Waals surface area contributed by atoms with Gasteiger partial charge in [0.25, 0.3) is 0 Å². The molecule has 3 N–H and O–H groups in total. The molecule has 3 aromatic carbocycles. The number of aryl methyl sites for hydroxylation is 1. The molecule has 0 bridgehead atoms. The number of amides is 4. The Labute approximate surface area is 367 Å². The van der Waals surface area contributed by atoms with Crippen LogP contribution < -0.4 is 25.3 Å². The van der Waals surface area contributed by atoms with E-state index in [-0.39, 0.29) is 29.3 Å². The van der Waals surface area contributed by atoms with E-state index in [4.69, 9.17) is 9.51 Å². The van der Waals surface area contributed by atoms with Crippen molar-refractivity contribution in [1.82, 2.24) is 40.9 Å². The zero-order valence-electron chi connectivity index (χ0n) is 36.6. The number of hydrogen-bond donors (Lipinski definition) is 3. The summed E-state index contributed by atoms with van der Waals surface area (Å²) in [6, 6.07) is 24.6. The lowest BCUT2D eigenvalue weighted by molar-refractivity contribution is -0.120. The number of rotatable bonds is 10. The van der Waals surface area contributed by atoms with E-state index in [0.717, 1.165) is 109 Å². The van der Waals surface area contributed by atoms with Gasteiger partial charge in [-0.3, -0.25) is 29.8 Å². The zero-order chi connectivity index (χ0) is 43.8. The number of aromatic amines is 1. The quantitative estimate of drug-likeness (QED) is 0.127. The molecule has 63 heavy (non-hydrogen) atoms. The van der Waals surface area contributed by atoms with Gasteiger partial charge in [0.05, 0.1) is 6.04 Å². The van der Waals surface area contributed by atoms with Gasteiger partial charge in [-0.05, 0) is 97.8 Å². The Kier molecular flexibility index (Phi) is 11.4. The first-order valence-electron chi connectivity index (χ1n) is 22.0. The molecule has 0 spiro atoms. The third-order valence-electron chi connectivity index (χ3n) is 12.7. The van der Waals surface area contributed by atoms with Crippen LogP contribution in [0.5, 0.6) is 0 Å². The molecule has 6 aromatic rings. The van der Waals surface area contributed by atoms with Crippen LogP contribution in [0.2, 0.25) is 0 Å². The molecule has 15 heteroatoms. The second-order valence-electron chi connectivity index (χ2n) is 18.2. The lowest BCUT2D eigenvalue weighted by atomic mass is 9.95. The predicted molar refractivity (Wildman–Crippen MR) is 244 cm³/mol. The van der Waals surface area contributed by atoms with Gasteiger partial charge in [0, 0.05) is 104 Å². The fourth-order valence-electron chi connectivity index (χ4n) is 8.99. The van der Waals surface area contributed by atoms with E-state index in [1.54, 1.807) is 4.90 Å². The number of nitrogens with zero attached hydrogens (tertiary/aromatic N) is 8. The van der Waals surface area contributed by atoms with Crippen molar-refractivity contribution in [2.75, 3.05) is 67.1 Å². The van der Waals surface area contributed by atoms with E-state index < -0.39 is 5.91 Å². The van der Waals surface area contributed by atoms with Crippen LogP contribution in [0, 0.1) is 12.8 Å². The third-order valence-corrected chi connectivity index (χ3v) is 12.7. The van der Waals surface area contributed by atoms with Gasteiger partial charge >= 0.3 is 17.8 Å². The number of urea groups is 1. The van der Waals surface area contributed by atoms with E-state index in [1.165, 1.54) is 11.4 Å². The number of aromatic nitrogens is 5. The number of hydrogen-bond acceptors (Lipinski definition) is 11. The molecule has 3 saturated heterocycles. The number of piperidine rings is 1. The number of H-pyrrole nitrogens is 1. The first-order valence-corrected chi connectivity index (χ1v) is 22.0. The number of pyridine rings is 1. The van der Waals surface area contributed by atoms with Gasteiger partial charge in [-0.25, -0.2) is 9.78 Å². The highest BCUT2D eigenvalue weighted by Gasteiger charge is 2.28. The summed E-state index contributed by atoms with van der Waals surface area (Å²) in [5, 5.41) is 18.1. The standard InChI is InChI=1S/C48H55N11O4/c1-30-26-34(8-15-39(30)31(2)50-44(61)45-52-46(55-63-45)48(3,4)5)42-40-27-35(28-49-43(40)54-53-42)33-6-9-36(10-7-33)58-24-22-56(23-25-58)29-32-16-19-57(20-17-32)37-11-13-38(14-12-37)59-21-18-41(60)51-47(59)62/h6-15,26-28,31-32H,16-25,29H2,1-5H3,(H,50,61)(H,49,53,54)(H,51,60,62)/t31-/m1/s1. The average Bonchev–Trinajstić information content (AvgIpc) is 3.96. The van der Waals surface area contributed by atoms with Crippen molar-refractivity contribution in [2.24, 2.45) is 5.92 Å². The van der Waals surface area contributed by atoms with Crippen LogP contribution in [0.15, 0.2) is 83.5 Å². The molecule has 0 radical (unpaired) electrons. The smallest absolute Gasteiger partial charge is 0.328 e. The molecule has 3 aliphatic rings. The van der Waals surface area contributed by atoms with Crippen molar-refractivity contribution in [3.8, 4) is 22.4 Å². The van der Waals surface area contributed by atoms with Crippen molar-refractivity contribution >= 4 is 45.9 Å². The Morgan fingerprint density at radius 1 is 0.841 bits per heavy atom. The van der Waals surface area contributed by atoms with Crippen molar-refractivity contribution < 1.29 is 18.9 Å². The lowest BCUT2D eigenvalue weighted by Gasteiger charge is -2.40. The first-order chi connectivity index (χ1) is 30.4. The van der Waals surface area contributed by atoms with Crippen LogP contribution >= 0.6 is 0 Å². The minimum atomic E-state index is -0.406. The Balaban J connectivity index is 0.767. The maximum Gasteiger partial charge on any atom is 0.328 e. The Morgan fingerprint density at radius 3 is 2.17 bits per heavy atom. The molecular formula is C48H55N11O4. The van der Waals surface area contributed by atoms with Crippen molar-refractivity contribution in [2.45, 2.75) is 65.3 Å². The molecule has 326 valence electrons. The van der Waals surface area contributed by atoms with Crippen LogP contribution in [-0.2, 0) is 10.2 Å². The molecule has 0 saturated carbocycles.